The largest absolute Gasteiger partial charge is 0.469 e. The predicted molar refractivity (Wildman–Crippen MR) is 70.1 cm³/mol. The number of rotatable bonds is 6. The monoisotopic (exact) mass is 266 g/mol. The Kier molecular flexibility index (Phi) is 5.78. The molecule has 0 aliphatic heterocycles. The molecular weight excluding hydrogens is 248 g/mol. The van der Waals surface area contributed by atoms with Crippen LogP contribution in [0.15, 0.2) is 18.3 Å². The van der Waals surface area contributed by atoms with Crippen LogP contribution in [0.2, 0.25) is 0 Å². The molecule has 1 aromatic heterocycles. The van der Waals surface area contributed by atoms with E-state index < -0.39 is 5.97 Å². The van der Waals surface area contributed by atoms with Gasteiger partial charge in [0.25, 0.3) is 0 Å². The molecule has 104 valence electrons. The van der Waals surface area contributed by atoms with Crippen molar-refractivity contribution in [1.82, 2.24) is 4.98 Å². The molecule has 0 amide bonds. The Morgan fingerprint density at radius 2 is 2.05 bits per heavy atom. The van der Waals surface area contributed by atoms with Crippen LogP contribution < -0.4 is 4.90 Å². The van der Waals surface area contributed by atoms with Gasteiger partial charge in [0.1, 0.15) is 5.82 Å². The van der Waals surface area contributed by atoms with Crippen LogP contribution in [0.4, 0.5) is 5.82 Å². The van der Waals surface area contributed by atoms with E-state index in [2.05, 4.69) is 14.5 Å². The van der Waals surface area contributed by atoms with Crippen LogP contribution in [0.5, 0.6) is 0 Å². The lowest BCUT2D eigenvalue weighted by Crippen LogP contribution is -2.27. The second-order valence-electron chi connectivity index (χ2n) is 3.80. The van der Waals surface area contributed by atoms with Gasteiger partial charge in [0.2, 0.25) is 0 Å². The van der Waals surface area contributed by atoms with E-state index >= 15 is 0 Å². The van der Waals surface area contributed by atoms with Crippen LogP contribution in [0, 0.1) is 0 Å². The van der Waals surface area contributed by atoms with Gasteiger partial charge in [-0.1, -0.05) is 0 Å². The summed E-state index contributed by atoms with van der Waals surface area (Å²) in [5, 5.41) is 0. The number of esters is 2. The predicted octanol–water partition coefficient (Wildman–Crippen LogP) is 1.26. The van der Waals surface area contributed by atoms with Crippen molar-refractivity contribution in [2.24, 2.45) is 0 Å². The molecule has 0 aromatic carbocycles. The molecule has 6 nitrogen and oxygen atoms in total. The van der Waals surface area contributed by atoms with E-state index in [4.69, 9.17) is 0 Å². The number of nitrogens with zero attached hydrogens (tertiary/aromatic N) is 2. The summed E-state index contributed by atoms with van der Waals surface area (Å²) in [5.74, 6) is -0.0513. The molecule has 19 heavy (non-hydrogen) atoms. The van der Waals surface area contributed by atoms with E-state index in [-0.39, 0.29) is 12.4 Å². The van der Waals surface area contributed by atoms with Crippen LogP contribution in [-0.2, 0) is 14.3 Å². The lowest BCUT2D eigenvalue weighted by atomic mass is 10.2. The van der Waals surface area contributed by atoms with Crippen molar-refractivity contribution in [1.29, 1.82) is 0 Å². The van der Waals surface area contributed by atoms with Crippen molar-refractivity contribution in [2.45, 2.75) is 13.3 Å². The molecule has 1 heterocycles. The van der Waals surface area contributed by atoms with E-state index in [1.165, 1.54) is 14.2 Å². The first kappa shape index (κ1) is 14.9. The summed E-state index contributed by atoms with van der Waals surface area (Å²) in [6, 6.07) is 3.23. The second-order valence-corrected chi connectivity index (χ2v) is 3.80. The van der Waals surface area contributed by atoms with E-state index in [1.54, 1.807) is 18.3 Å². The van der Waals surface area contributed by atoms with Crippen LogP contribution in [0.3, 0.4) is 0 Å². The molecule has 0 radical (unpaired) electrons. The normalized spacial score (nSPS) is 9.84. The molecule has 6 heteroatoms. The van der Waals surface area contributed by atoms with Crippen molar-refractivity contribution in [3.8, 4) is 0 Å². The molecule has 0 saturated heterocycles. The average molecular weight is 266 g/mol. The van der Waals surface area contributed by atoms with E-state index in [1.807, 2.05) is 11.8 Å². The maximum absolute atomic E-state index is 11.4. The molecule has 0 spiro atoms. The molecule has 0 N–H and O–H groups in total. The Balaban J connectivity index is 2.80. The minimum atomic E-state index is -0.410. The number of aromatic nitrogens is 1. The molecule has 0 unspecified atom stereocenters. The van der Waals surface area contributed by atoms with Gasteiger partial charge >= 0.3 is 11.9 Å². The fourth-order valence-corrected chi connectivity index (χ4v) is 1.60. The Morgan fingerprint density at radius 3 is 2.63 bits per heavy atom. The van der Waals surface area contributed by atoms with Gasteiger partial charge in [-0.05, 0) is 19.1 Å². The van der Waals surface area contributed by atoms with Gasteiger partial charge in [-0.15, -0.1) is 0 Å². The first-order chi connectivity index (χ1) is 9.12. The third kappa shape index (κ3) is 4.24. The molecule has 0 fully saturated rings. The summed E-state index contributed by atoms with van der Waals surface area (Å²) in [6.45, 7) is 3.11. The first-order valence-electron chi connectivity index (χ1n) is 5.98. The molecule has 0 aliphatic carbocycles. The van der Waals surface area contributed by atoms with Crippen molar-refractivity contribution >= 4 is 17.8 Å². The van der Waals surface area contributed by atoms with Crippen molar-refractivity contribution < 1.29 is 19.1 Å². The Bertz CT molecular complexity index is 448. The summed E-state index contributed by atoms with van der Waals surface area (Å²) in [4.78, 5) is 28.7. The first-order valence-corrected chi connectivity index (χ1v) is 5.98. The SMILES string of the molecule is CCN(CCC(=O)OC)c1cc(C(=O)OC)ccn1. The number of methoxy groups -OCH3 is 2. The minimum Gasteiger partial charge on any atom is -0.469 e. The van der Waals surface area contributed by atoms with E-state index in [0.29, 0.717) is 24.5 Å². The molecule has 0 atom stereocenters. The maximum Gasteiger partial charge on any atom is 0.338 e. The van der Waals surface area contributed by atoms with Crippen LogP contribution in [0.1, 0.15) is 23.7 Å². The van der Waals surface area contributed by atoms with Crippen molar-refractivity contribution in [2.75, 3.05) is 32.2 Å². The third-order valence-electron chi connectivity index (χ3n) is 2.69. The highest BCUT2D eigenvalue weighted by Gasteiger charge is 2.12. The van der Waals surface area contributed by atoms with Gasteiger partial charge in [0, 0.05) is 19.3 Å². The lowest BCUT2D eigenvalue weighted by Gasteiger charge is -2.21. The zero-order chi connectivity index (χ0) is 14.3. The van der Waals surface area contributed by atoms with Crippen molar-refractivity contribution in [3.05, 3.63) is 23.9 Å². The topological polar surface area (TPSA) is 68.7 Å². The standard InChI is InChI=1S/C13H18N2O4/c1-4-15(8-6-12(16)18-2)11-9-10(5-7-14-11)13(17)19-3/h5,7,9H,4,6,8H2,1-3H3. The second kappa shape index (κ2) is 7.35. The van der Waals surface area contributed by atoms with Crippen LogP contribution in [-0.4, -0.2) is 44.2 Å². The molecular formula is C13H18N2O4. The molecule has 1 rings (SSSR count). The summed E-state index contributed by atoms with van der Waals surface area (Å²) in [5.41, 5.74) is 0.434. The zero-order valence-corrected chi connectivity index (χ0v) is 11.4. The van der Waals surface area contributed by atoms with Gasteiger partial charge in [-0.25, -0.2) is 9.78 Å². The van der Waals surface area contributed by atoms with E-state index in [9.17, 15) is 9.59 Å². The summed E-state index contributed by atoms with van der Waals surface area (Å²) in [6.07, 6.45) is 1.82. The lowest BCUT2D eigenvalue weighted by molar-refractivity contribution is -0.140. The molecule has 1 aromatic rings. The third-order valence-corrected chi connectivity index (χ3v) is 2.69. The quantitative estimate of drug-likeness (QED) is 0.722. The average Bonchev–Trinajstić information content (AvgIpc) is 2.47. The summed E-state index contributed by atoms with van der Waals surface area (Å²) >= 11 is 0. The number of carbonyl (C=O) groups excluding carboxylic acids is 2. The Hall–Kier alpha value is -2.11. The smallest absolute Gasteiger partial charge is 0.338 e. The number of ether oxygens (including phenoxy) is 2. The minimum absolute atomic E-state index is 0.272. The Labute approximate surface area is 112 Å². The number of carbonyl (C=O) groups is 2. The maximum atomic E-state index is 11.4. The van der Waals surface area contributed by atoms with Gasteiger partial charge in [-0.2, -0.15) is 0 Å². The number of hydrogen-bond donors (Lipinski definition) is 0. The van der Waals surface area contributed by atoms with Gasteiger partial charge < -0.3 is 14.4 Å². The molecule has 0 aliphatic rings. The highest BCUT2D eigenvalue weighted by atomic mass is 16.5. The number of hydrogen-bond acceptors (Lipinski definition) is 6. The summed E-state index contributed by atoms with van der Waals surface area (Å²) < 4.78 is 9.26. The fraction of sp³-hybridized carbons (Fsp3) is 0.462. The van der Waals surface area contributed by atoms with Gasteiger partial charge in [0.15, 0.2) is 0 Å². The number of pyridine rings is 1. The highest BCUT2D eigenvalue weighted by Crippen LogP contribution is 2.13. The summed E-state index contributed by atoms with van der Waals surface area (Å²) in [7, 11) is 2.69. The van der Waals surface area contributed by atoms with Gasteiger partial charge in [0.05, 0.1) is 26.2 Å². The van der Waals surface area contributed by atoms with E-state index in [0.717, 1.165) is 0 Å². The van der Waals surface area contributed by atoms with Crippen LogP contribution >= 0.6 is 0 Å². The van der Waals surface area contributed by atoms with Gasteiger partial charge in [-0.3, -0.25) is 4.79 Å². The zero-order valence-electron chi connectivity index (χ0n) is 11.4. The highest BCUT2D eigenvalue weighted by molar-refractivity contribution is 5.90. The van der Waals surface area contributed by atoms with Crippen LogP contribution in [0.25, 0.3) is 0 Å². The fourth-order valence-electron chi connectivity index (χ4n) is 1.60. The molecule has 0 bridgehead atoms. The van der Waals surface area contributed by atoms with Crippen molar-refractivity contribution in [3.63, 3.8) is 0 Å². The Morgan fingerprint density at radius 1 is 1.32 bits per heavy atom. The molecule has 0 saturated carbocycles. The number of anilines is 1.